The minimum Gasteiger partial charge on any atom is -0.493 e. The van der Waals surface area contributed by atoms with Crippen LogP contribution in [0.5, 0.6) is 5.75 Å². The van der Waals surface area contributed by atoms with Gasteiger partial charge in [-0.05, 0) is 37.6 Å². The third-order valence-electron chi connectivity index (χ3n) is 4.51. The zero-order valence-electron chi connectivity index (χ0n) is 15.8. The average molecular weight is 381 g/mol. The fourth-order valence-corrected chi connectivity index (χ4v) is 2.96. The molecule has 6 heteroatoms. The number of aryl methyl sites for hydroxylation is 1. The summed E-state index contributed by atoms with van der Waals surface area (Å²) < 4.78 is 10.5. The van der Waals surface area contributed by atoms with E-state index in [-0.39, 0.29) is 31.3 Å². The number of esters is 1. The molecule has 3 rings (SSSR count). The Balaban J connectivity index is 1.45. The molecule has 0 atom stereocenters. The number of carbonyl (C=O) groups excluding carboxylic acids is 3. The van der Waals surface area contributed by atoms with Crippen molar-refractivity contribution in [1.82, 2.24) is 0 Å². The first-order chi connectivity index (χ1) is 13.5. The lowest BCUT2D eigenvalue weighted by molar-refractivity contribution is -0.143. The Bertz CT molecular complexity index is 859. The van der Waals surface area contributed by atoms with Crippen LogP contribution in [0.25, 0.3) is 0 Å². The standard InChI is InChI=1S/C22H23NO5/c1-16-7-9-19(10-8-16)27-13-11-22(26)28-15-20(24)17-4-2-5-18(14-17)23-12-3-6-21(23)25/h2,4-5,7-10,14H,3,6,11-13,15H2,1H3. The van der Waals surface area contributed by atoms with Crippen molar-refractivity contribution in [2.24, 2.45) is 0 Å². The number of hydrogen-bond donors (Lipinski definition) is 0. The summed E-state index contributed by atoms with van der Waals surface area (Å²) in [5.74, 6) is -0.0556. The minimum atomic E-state index is -0.494. The van der Waals surface area contributed by atoms with E-state index >= 15 is 0 Å². The van der Waals surface area contributed by atoms with Crippen molar-refractivity contribution in [3.05, 3.63) is 59.7 Å². The predicted molar refractivity (Wildman–Crippen MR) is 105 cm³/mol. The molecule has 0 aromatic heterocycles. The molecule has 0 aliphatic carbocycles. The molecule has 1 fully saturated rings. The highest BCUT2D eigenvalue weighted by Gasteiger charge is 2.22. The van der Waals surface area contributed by atoms with Crippen LogP contribution in [0.4, 0.5) is 5.69 Å². The summed E-state index contributed by atoms with van der Waals surface area (Å²) >= 11 is 0. The summed E-state index contributed by atoms with van der Waals surface area (Å²) in [4.78, 5) is 37.7. The fourth-order valence-electron chi connectivity index (χ4n) is 2.96. The molecule has 2 aromatic carbocycles. The van der Waals surface area contributed by atoms with Gasteiger partial charge in [-0.1, -0.05) is 29.8 Å². The number of anilines is 1. The third kappa shape index (κ3) is 5.19. The maximum atomic E-state index is 12.3. The largest absolute Gasteiger partial charge is 0.493 e. The predicted octanol–water partition coefficient (Wildman–Crippen LogP) is 3.32. The van der Waals surface area contributed by atoms with Crippen LogP contribution in [0.2, 0.25) is 0 Å². The van der Waals surface area contributed by atoms with Gasteiger partial charge in [0, 0.05) is 24.2 Å². The Morgan fingerprint density at radius 1 is 1.11 bits per heavy atom. The summed E-state index contributed by atoms with van der Waals surface area (Å²) in [6.45, 7) is 2.49. The van der Waals surface area contributed by atoms with Gasteiger partial charge in [-0.3, -0.25) is 14.4 Å². The molecule has 2 aromatic rings. The van der Waals surface area contributed by atoms with Gasteiger partial charge in [-0.25, -0.2) is 0 Å². The molecule has 0 spiro atoms. The second-order valence-corrected chi connectivity index (χ2v) is 6.69. The zero-order valence-corrected chi connectivity index (χ0v) is 15.8. The number of nitrogens with zero attached hydrogens (tertiary/aromatic N) is 1. The van der Waals surface area contributed by atoms with E-state index in [0.717, 1.165) is 12.0 Å². The number of ether oxygens (including phenoxy) is 2. The number of Topliss-reactive ketones (excluding diaryl/α,β-unsaturated/α-hetero) is 1. The maximum absolute atomic E-state index is 12.3. The smallest absolute Gasteiger partial charge is 0.309 e. The topological polar surface area (TPSA) is 72.9 Å². The van der Waals surface area contributed by atoms with Crippen LogP contribution in [0.15, 0.2) is 48.5 Å². The number of amides is 1. The van der Waals surface area contributed by atoms with Crippen molar-refractivity contribution in [2.75, 3.05) is 24.7 Å². The molecular weight excluding hydrogens is 358 g/mol. The molecule has 0 saturated carbocycles. The van der Waals surface area contributed by atoms with Crippen molar-refractivity contribution in [2.45, 2.75) is 26.2 Å². The van der Waals surface area contributed by atoms with E-state index in [2.05, 4.69) is 0 Å². The zero-order chi connectivity index (χ0) is 19.9. The van der Waals surface area contributed by atoms with E-state index in [4.69, 9.17) is 9.47 Å². The minimum absolute atomic E-state index is 0.0590. The highest BCUT2D eigenvalue weighted by atomic mass is 16.5. The SMILES string of the molecule is Cc1ccc(OCCC(=O)OCC(=O)c2cccc(N3CCCC3=O)c2)cc1. The van der Waals surface area contributed by atoms with Crippen molar-refractivity contribution in [1.29, 1.82) is 0 Å². The summed E-state index contributed by atoms with van der Waals surface area (Å²) in [6.07, 6.45) is 1.41. The van der Waals surface area contributed by atoms with Gasteiger partial charge in [-0.15, -0.1) is 0 Å². The van der Waals surface area contributed by atoms with Crippen LogP contribution in [0, 0.1) is 6.92 Å². The lowest BCUT2D eigenvalue weighted by atomic mass is 10.1. The lowest BCUT2D eigenvalue weighted by Crippen LogP contribution is -2.24. The third-order valence-corrected chi connectivity index (χ3v) is 4.51. The second kappa shape index (κ2) is 9.17. The van der Waals surface area contributed by atoms with Crippen LogP contribution >= 0.6 is 0 Å². The summed E-state index contributed by atoms with van der Waals surface area (Å²) in [7, 11) is 0. The Morgan fingerprint density at radius 3 is 2.61 bits per heavy atom. The maximum Gasteiger partial charge on any atom is 0.309 e. The van der Waals surface area contributed by atoms with Gasteiger partial charge in [0.1, 0.15) is 5.75 Å². The number of ketones is 1. The second-order valence-electron chi connectivity index (χ2n) is 6.69. The summed E-state index contributed by atoms with van der Waals surface area (Å²) in [5, 5.41) is 0. The first kappa shape index (κ1) is 19.6. The summed E-state index contributed by atoms with van der Waals surface area (Å²) in [6, 6.07) is 14.4. The van der Waals surface area contributed by atoms with Crippen molar-refractivity contribution in [3.8, 4) is 5.75 Å². The van der Waals surface area contributed by atoms with Gasteiger partial charge in [0.25, 0.3) is 0 Å². The Labute approximate surface area is 164 Å². The fraction of sp³-hybridized carbons (Fsp3) is 0.318. The first-order valence-corrected chi connectivity index (χ1v) is 9.31. The molecule has 146 valence electrons. The van der Waals surface area contributed by atoms with Crippen LogP contribution in [-0.2, 0) is 14.3 Å². The summed E-state index contributed by atoms with van der Waals surface area (Å²) in [5.41, 5.74) is 2.25. The van der Waals surface area contributed by atoms with E-state index in [1.165, 1.54) is 0 Å². The molecule has 0 unspecified atom stereocenters. The molecule has 0 radical (unpaired) electrons. The Hall–Kier alpha value is -3.15. The molecule has 6 nitrogen and oxygen atoms in total. The van der Waals surface area contributed by atoms with Crippen LogP contribution < -0.4 is 9.64 Å². The molecule has 0 bridgehead atoms. The van der Waals surface area contributed by atoms with Gasteiger partial charge in [0.2, 0.25) is 5.91 Å². The highest BCUT2D eigenvalue weighted by molar-refractivity contribution is 6.01. The van der Waals surface area contributed by atoms with E-state index < -0.39 is 5.97 Å². The van der Waals surface area contributed by atoms with Gasteiger partial charge < -0.3 is 14.4 Å². The van der Waals surface area contributed by atoms with Gasteiger partial charge in [-0.2, -0.15) is 0 Å². The number of carbonyl (C=O) groups is 3. The lowest BCUT2D eigenvalue weighted by Gasteiger charge is -2.16. The molecule has 0 N–H and O–H groups in total. The molecule has 1 amide bonds. The number of hydrogen-bond acceptors (Lipinski definition) is 5. The van der Waals surface area contributed by atoms with Crippen molar-refractivity contribution in [3.63, 3.8) is 0 Å². The van der Waals surface area contributed by atoms with Gasteiger partial charge in [0.05, 0.1) is 13.0 Å². The normalized spacial score (nSPS) is 13.5. The van der Waals surface area contributed by atoms with Crippen LogP contribution in [0.3, 0.4) is 0 Å². The monoisotopic (exact) mass is 381 g/mol. The van der Waals surface area contributed by atoms with E-state index in [1.54, 1.807) is 29.2 Å². The molecule has 1 aliphatic rings. The van der Waals surface area contributed by atoms with E-state index in [9.17, 15) is 14.4 Å². The Kier molecular flexibility index (Phi) is 6.42. The first-order valence-electron chi connectivity index (χ1n) is 9.31. The molecule has 1 heterocycles. The number of benzene rings is 2. The molecular formula is C22H23NO5. The van der Waals surface area contributed by atoms with Gasteiger partial charge >= 0.3 is 5.97 Å². The van der Waals surface area contributed by atoms with E-state index in [1.807, 2.05) is 31.2 Å². The molecule has 1 aliphatic heterocycles. The van der Waals surface area contributed by atoms with Gasteiger partial charge in [0.15, 0.2) is 12.4 Å². The highest BCUT2D eigenvalue weighted by Crippen LogP contribution is 2.22. The molecule has 1 saturated heterocycles. The molecule has 28 heavy (non-hydrogen) atoms. The van der Waals surface area contributed by atoms with Crippen LogP contribution in [0.1, 0.15) is 35.2 Å². The quantitative estimate of drug-likeness (QED) is 0.518. The Morgan fingerprint density at radius 2 is 1.89 bits per heavy atom. The van der Waals surface area contributed by atoms with Crippen molar-refractivity contribution < 1.29 is 23.9 Å². The average Bonchev–Trinajstić information content (AvgIpc) is 3.13. The van der Waals surface area contributed by atoms with Crippen LogP contribution in [-0.4, -0.2) is 37.4 Å². The van der Waals surface area contributed by atoms with Crippen molar-refractivity contribution >= 4 is 23.3 Å². The van der Waals surface area contributed by atoms with E-state index in [0.29, 0.717) is 30.0 Å². The number of rotatable bonds is 8.